The molecular weight excluding hydrogens is 765 g/mol. The highest BCUT2D eigenvalue weighted by Gasteiger charge is 2.71. The van der Waals surface area contributed by atoms with Crippen LogP contribution < -0.4 is 0 Å². The minimum atomic E-state index is -4.95. The molecule has 15 nitrogen and oxygen atoms in total. The largest absolute Gasteiger partial charge is 0.432 e. The summed E-state index contributed by atoms with van der Waals surface area (Å²) in [6, 6.07) is 0. The third kappa shape index (κ3) is 6.78. The summed E-state index contributed by atoms with van der Waals surface area (Å²) in [5.74, 6) is 0.373. The molecule has 7 aliphatic rings. The van der Waals surface area contributed by atoms with Crippen molar-refractivity contribution in [2.45, 2.75) is 168 Å². The Morgan fingerprint density at radius 1 is 0.860 bits per heavy atom. The van der Waals surface area contributed by atoms with E-state index in [2.05, 4.69) is 58.7 Å². The Morgan fingerprint density at radius 3 is 2.23 bits per heavy atom. The van der Waals surface area contributed by atoms with Gasteiger partial charge >= 0.3 is 16.4 Å². The van der Waals surface area contributed by atoms with Crippen LogP contribution in [-0.4, -0.2) is 124 Å². The Labute approximate surface area is 336 Å². The molecule has 5 aliphatic carbocycles. The highest BCUT2D eigenvalue weighted by molar-refractivity contribution is 7.80. The van der Waals surface area contributed by atoms with Crippen LogP contribution in [0.25, 0.3) is 0 Å². The van der Waals surface area contributed by atoms with Crippen LogP contribution in [0.4, 0.5) is 0 Å². The van der Waals surface area contributed by atoms with Gasteiger partial charge in [0.15, 0.2) is 6.29 Å². The SMILES string of the molecule is CC1=CC[C@]2(C(=O)O[C@@H]3O[C@H](CO)[C@@H](O)[C@H](O)[C@H]3O)CC[C@]3(C)[C@H](CC[C@@H]4[C@@]5(C)CC[C@H](O[C@@H]6OC[C@H](O)[C@H](OS(=O)(=O)O)[C@H]6O)C(C)(C)[C@@H]5CC[C@]43C)[C@@H]2[C@@H]1C. The van der Waals surface area contributed by atoms with Gasteiger partial charge in [-0.05, 0) is 116 Å². The summed E-state index contributed by atoms with van der Waals surface area (Å²) in [4.78, 5) is 14.6. The number of hydrogen-bond acceptors (Lipinski definition) is 14. The number of ether oxygens (including phenoxy) is 4. The first-order valence-corrected chi connectivity index (χ1v) is 22.3. The van der Waals surface area contributed by atoms with Gasteiger partial charge in [0.25, 0.3) is 0 Å². The van der Waals surface area contributed by atoms with E-state index in [1.54, 1.807) is 0 Å². The Bertz CT molecular complexity index is 1670. The van der Waals surface area contributed by atoms with Crippen molar-refractivity contribution in [1.82, 2.24) is 0 Å². The minimum Gasteiger partial charge on any atom is -0.432 e. The van der Waals surface area contributed by atoms with E-state index in [4.69, 9.17) is 18.9 Å². The number of carbonyl (C=O) groups is 1. The summed E-state index contributed by atoms with van der Waals surface area (Å²) in [7, 11) is -4.95. The van der Waals surface area contributed by atoms with Gasteiger partial charge in [-0.15, -0.1) is 0 Å². The Hall–Kier alpha value is -1.28. The first kappa shape index (κ1) is 43.8. The predicted molar refractivity (Wildman–Crippen MR) is 202 cm³/mol. The van der Waals surface area contributed by atoms with Gasteiger partial charge in [0.05, 0.1) is 24.7 Å². The van der Waals surface area contributed by atoms with E-state index in [1.807, 2.05) is 0 Å². The summed E-state index contributed by atoms with van der Waals surface area (Å²) < 4.78 is 60.6. The molecule has 0 spiro atoms. The van der Waals surface area contributed by atoms with Gasteiger partial charge in [0.2, 0.25) is 6.29 Å². The maximum absolute atomic E-state index is 14.6. The van der Waals surface area contributed by atoms with Crippen molar-refractivity contribution in [2.24, 2.45) is 56.7 Å². The normalized spacial score (nSPS) is 52.3. The molecule has 326 valence electrons. The van der Waals surface area contributed by atoms with Gasteiger partial charge in [0.1, 0.15) is 42.7 Å². The third-order valence-electron chi connectivity index (χ3n) is 17.5. The molecule has 4 saturated carbocycles. The summed E-state index contributed by atoms with van der Waals surface area (Å²) in [6.07, 6.45) is -4.63. The predicted octanol–water partition coefficient (Wildman–Crippen LogP) is 2.64. The first-order chi connectivity index (χ1) is 26.5. The van der Waals surface area contributed by atoms with Crippen LogP contribution in [0, 0.1) is 56.7 Å². The molecule has 57 heavy (non-hydrogen) atoms. The summed E-state index contributed by atoms with van der Waals surface area (Å²) in [5, 5.41) is 62.6. The number of carbonyl (C=O) groups excluding carboxylic acids is 1. The molecule has 2 saturated heterocycles. The van der Waals surface area contributed by atoms with Crippen LogP contribution in [0.5, 0.6) is 0 Å². The molecule has 7 N–H and O–H groups in total. The van der Waals surface area contributed by atoms with Gasteiger partial charge < -0.3 is 49.6 Å². The van der Waals surface area contributed by atoms with E-state index in [1.165, 1.54) is 5.57 Å². The lowest BCUT2D eigenvalue weighted by atomic mass is 9.31. The van der Waals surface area contributed by atoms with Crippen LogP contribution in [0.1, 0.15) is 106 Å². The van der Waals surface area contributed by atoms with E-state index < -0.39 is 83.7 Å². The molecule has 16 heteroatoms. The number of esters is 1. The minimum absolute atomic E-state index is 0.0448. The fraction of sp³-hybridized carbons (Fsp3) is 0.927. The van der Waals surface area contributed by atoms with Gasteiger partial charge in [-0.1, -0.05) is 53.2 Å². The molecule has 0 bridgehead atoms. The van der Waals surface area contributed by atoms with Crippen molar-refractivity contribution in [1.29, 1.82) is 0 Å². The maximum Gasteiger partial charge on any atom is 0.397 e. The average molecular weight is 831 g/mol. The number of hydrogen-bond donors (Lipinski definition) is 7. The maximum atomic E-state index is 14.6. The Kier molecular flexibility index (Phi) is 11.5. The van der Waals surface area contributed by atoms with Gasteiger partial charge in [-0.2, -0.15) is 8.42 Å². The molecule has 6 fully saturated rings. The van der Waals surface area contributed by atoms with E-state index >= 15 is 0 Å². The van der Waals surface area contributed by atoms with Gasteiger partial charge in [-0.3, -0.25) is 9.35 Å². The van der Waals surface area contributed by atoms with Crippen LogP contribution in [-0.2, 0) is 38.3 Å². The second kappa shape index (κ2) is 15.0. The van der Waals surface area contributed by atoms with Crippen LogP contribution in [0.3, 0.4) is 0 Å². The van der Waals surface area contributed by atoms with Crippen molar-refractivity contribution >= 4 is 16.4 Å². The number of fused-ring (bicyclic) bond motifs is 7. The lowest BCUT2D eigenvalue weighted by Gasteiger charge is -2.73. The molecule has 0 aromatic heterocycles. The van der Waals surface area contributed by atoms with E-state index in [9.17, 15) is 48.4 Å². The molecule has 0 radical (unpaired) electrons. The molecule has 0 aromatic rings. The van der Waals surface area contributed by atoms with Crippen molar-refractivity contribution < 1.29 is 71.5 Å². The van der Waals surface area contributed by atoms with Crippen molar-refractivity contribution in [2.75, 3.05) is 13.2 Å². The number of rotatable bonds is 7. The molecule has 0 unspecified atom stereocenters. The molecule has 0 amide bonds. The Morgan fingerprint density at radius 2 is 1.56 bits per heavy atom. The fourth-order valence-electron chi connectivity index (χ4n) is 14.2. The van der Waals surface area contributed by atoms with Gasteiger partial charge in [-0.25, -0.2) is 4.18 Å². The number of aliphatic hydroxyl groups is 6. The van der Waals surface area contributed by atoms with Crippen molar-refractivity contribution in [3.63, 3.8) is 0 Å². The summed E-state index contributed by atoms with van der Waals surface area (Å²) in [6.45, 7) is 15.1. The summed E-state index contributed by atoms with van der Waals surface area (Å²) in [5.41, 5.74) is -0.258. The van der Waals surface area contributed by atoms with Gasteiger partial charge in [0, 0.05) is 0 Å². The van der Waals surface area contributed by atoms with Crippen LogP contribution in [0.2, 0.25) is 0 Å². The van der Waals surface area contributed by atoms with Crippen LogP contribution in [0.15, 0.2) is 11.6 Å². The molecule has 2 aliphatic heterocycles. The zero-order valence-corrected chi connectivity index (χ0v) is 35.1. The number of aliphatic hydroxyl groups excluding tert-OH is 6. The molecule has 0 aromatic carbocycles. The zero-order valence-electron chi connectivity index (χ0n) is 34.3. The molecule has 7 rings (SSSR count). The van der Waals surface area contributed by atoms with Crippen LogP contribution >= 0.6 is 0 Å². The standard InChI is InChI=1S/C41H66O15S/c1-20-10-15-41(36(48)55-35-31(46)30(45)29(44)24(18-42)53-35)17-16-39(6)22(28(41)21(20)2)8-9-26-38(5)13-12-27(37(3,4)25(38)11-14-40(26,39)7)54-34-32(47)33(23(43)19-52-34)56-57(49,50)51/h10,21-35,42-47H,8-9,11-19H2,1-7H3,(H,49,50,51)/t21-,22-,23+,24-,25+,26-,27+,28+,29-,30+,31-,32-,33+,34+,35+,38+,39-,40-,41+/m1/s1. The lowest BCUT2D eigenvalue weighted by molar-refractivity contribution is -0.311. The second-order valence-corrected chi connectivity index (χ2v) is 21.2. The highest BCUT2D eigenvalue weighted by atomic mass is 32.3. The molecule has 2 heterocycles. The first-order valence-electron chi connectivity index (χ1n) is 20.9. The third-order valence-corrected chi connectivity index (χ3v) is 18.0. The lowest BCUT2D eigenvalue weighted by Crippen LogP contribution is -2.68. The van der Waals surface area contributed by atoms with E-state index in [-0.39, 0.29) is 58.0 Å². The second-order valence-electron chi connectivity index (χ2n) is 20.1. The highest BCUT2D eigenvalue weighted by Crippen LogP contribution is 2.77. The summed E-state index contributed by atoms with van der Waals surface area (Å²) >= 11 is 0. The molecular formula is C41H66O15S. The topological polar surface area (TPSA) is 239 Å². The van der Waals surface area contributed by atoms with Crippen molar-refractivity contribution in [3.05, 3.63) is 11.6 Å². The smallest absolute Gasteiger partial charge is 0.397 e. The fourth-order valence-corrected chi connectivity index (χ4v) is 14.7. The van der Waals surface area contributed by atoms with E-state index in [0.717, 1.165) is 38.5 Å². The molecule has 19 atom stereocenters. The van der Waals surface area contributed by atoms with Crippen molar-refractivity contribution in [3.8, 4) is 0 Å². The monoisotopic (exact) mass is 830 g/mol. The quantitative estimate of drug-likeness (QED) is 0.0845. The number of allylic oxidation sites excluding steroid dienone is 2. The van der Waals surface area contributed by atoms with E-state index in [0.29, 0.717) is 25.2 Å². The average Bonchev–Trinajstić information content (AvgIpc) is 3.13. The Balaban J connectivity index is 1.12. The zero-order chi connectivity index (χ0) is 41.8.